The number of benzene rings is 4. The van der Waals surface area contributed by atoms with Crippen LogP contribution in [0, 0.1) is 0 Å². The number of hydrogen-bond donors (Lipinski definition) is 4. The van der Waals surface area contributed by atoms with Crippen LogP contribution in [0.1, 0.15) is 50.6 Å². The molecule has 0 unspecified atom stereocenters. The Balaban J connectivity index is 1.41. The summed E-state index contributed by atoms with van der Waals surface area (Å²) < 4.78 is 45.4. The van der Waals surface area contributed by atoms with Gasteiger partial charge in [-0.3, -0.25) is 0 Å². The summed E-state index contributed by atoms with van der Waals surface area (Å²) in [6, 6.07) is 53.0. The molecular weight excluding hydrogens is 694 g/mol. The van der Waals surface area contributed by atoms with E-state index in [1.54, 1.807) is 6.07 Å². The van der Waals surface area contributed by atoms with Crippen LogP contribution < -0.4 is 21.4 Å². The topological polar surface area (TPSA) is 87.9 Å². The quantitative estimate of drug-likeness (QED) is 0.142. The fourth-order valence-electron chi connectivity index (χ4n) is 7.77. The maximum atomic E-state index is 15.1. The molecule has 4 aromatic carbocycles. The highest BCUT2D eigenvalue weighted by Crippen LogP contribution is 2.51. The Morgan fingerprint density at radius 1 is 0.382 bits per heavy atom. The average molecular weight is 725 g/mol. The summed E-state index contributed by atoms with van der Waals surface area (Å²) in [4.78, 5) is 14.6. The van der Waals surface area contributed by atoms with Crippen LogP contribution >= 0.6 is 0 Å². The van der Waals surface area contributed by atoms with Crippen molar-refractivity contribution in [3.63, 3.8) is 0 Å². The molecule has 0 fully saturated rings. The standard InChI is InChI=1S/C46H31F3N6/c47-46(48,49)45(54-55-45)32-27-39-42(30-17-9-3-10-18-30)37-24-23-35(51-37)40(28-13-5-1-6-14-28)33-21-22-34(50-33)41(29-15-7-2-8-16-29)36-25-26-38(52-36)43(44(32)53-39)31-19-11-4-12-20-31/h1-27,50-53H. The highest BCUT2D eigenvalue weighted by Gasteiger charge is 2.66. The fraction of sp³-hybridized carbons (Fsp3) is 0.0435. The molecule has 8 bridgehead atoms. The smallest absolute Gasteiger partial charge is 0.354 e. The van der Waals surface area contributed by atoms with Gasteiger partial charge in [0.05, 0.1) is 5.35 Å². The maximum Gasteiger partial charge on any atom is 0.442 e. The van der Waals surface area contributed by atoms with E-state index in [1.807, 2.05) is 121 Å². The Labute approximate surface area is 312 Å². The van der Waals surface area contributed by atoms with E-state index in [-0.39, 0.29) is 10.9 Å². The van der Waals surface area contributed by atoms with Gasteiger partial charge < -0.3 is 19.9 Å². The lowest BCUT2D eigenvalue weighted by atomic mass is 9.97. The molecule has 0 amide bonds. The molecule has 2 aliphatic rings. The van der Waals surface area contributed by atoms with Crippen molar-refractivity contribution in [1.29, 1.82) is 0 Å². The summed E-state index contributed by atoms with van der Waals surface area (Å²) in [5, 5.41) is 9.95. The normalized spacial score (nSPS) is 14.7. The van der Waals surface area contributed by atoms with Gasteiger partial charge in [-0.1, -0.05) is 121 Å². The zero-order chi connectivity index (χ0) is 37.1. The Kier molecular flexibility index (Phi) is 7.38. The lowest BCUT2D eigenvalue weighted by Crippen LogP contribution is -2.35. The van der Waals surface area contributed by atoms with Crippen molar-refractivity contribution < 1.29 is 13.2 Å². The lowest BCUT2D eigenvalue weighted by molar-refractivity contribution is -0.166. The minimum atomic E-state index is -4.77. The van der Waals surface area contributed by atoms with Crippen LogP contribution in [-0.4, -0.2) is 26.1 Å². The van der Waals surface area contributed by atoms with Gasteiger partial charge >= 0.3 is 11.8 Å². The summed E-state index contributed by atoms with van der Waals surface area (Å²) in [7, 11) is 0. The molecule has 2 aliphatic heterocycles. The van der Waals surface area contributed by atoms with Crippen molar-refractivity contribution in [2.45, 2.75) is 11.8 Å². The second-order valence-corrected chi connectivity index (χ2v) is 13.7. The van der Waals surface area contributed by atoms with Gasteiger partial charge in [0.25, 0.3) is 0 Å². The Hall–Kier alpha value is -7.13. The molecule has 55 heavy (non-hydrogen) atoms. The first-order chi connectivity index (χ1) is 26.9. The van der Waals surface area contributed by atoms with Gasteiger partial charge in [-0.2, -0.15) is 13.2 Å². The molecule has 0 aliphatic carbocycles. The zero-order valence-corrected chi connectivity index (χ0v) is 29.1. The Morgan fingerprint density at radius 3 is 1.13 bits per heavy atom. The van der Waals surface area contributed by atoms with Gasteiger partial charge in [0.2, 0.25) is 0 Å². The number of fused-ring (bicyclic) bond motifs is 8. The predicted octanol–water partition coefficient (Wildman–Crippen LogP) is 7.48. The third kappa shape index (κ3) is 5.43. The van der Waals surface area contributed by atoms with E-state index in [9.17, 15) is 0 Å². The van der Waals surface area contributed by atoms with E-state index in [1.165, 1.54) is 0 Å². The van der Waals surface area contributed by atoms with Crippen molar-refractivity contribution in [1.82, 2.24) is 19.9 Å². The number of nitrogens with zero attached hydrogens (tertiary/aromatic N) is 2. The molecule has 6 nitrogen and oxygen atoms in total. The van der Waals surface area contributed by atoms with Gasteiger partial charge in [-0.15, -0.1) is 10.2 Å². The van der Waals surface area contributed by atoms with Gasteiger partial charge in [-0.25, -0.2) is 0 Å². The van der Waals surface area contributed by atoms with E-state index >= 15 is 13.2 Å². The summed E-state index contributed by atoms with van der Waals surface area (Å²) in [5.41, 5.74) is 6.77. The van der Waals surface area contributed by atoms with Crippen LogP contribution in [0.2, 0.25) is 0 Å². The third-order valence-electron chi connectivity index (χ3n) is 10.3. The first-order valence-corrected chi connectivity index (χ1v) is 17.9. The number of aromatic amines is 4. The minimum Gasteiger partial charge on any atom is -0.354 e. The van der Waals surface area contributed by atoms with Crippen LogP contribution in [-0.2, 0) is 5.66 Å². The third-order valence-corrected chi connectivity index (χ3v) is 10.3. The minimum absolute atomic E-state index is 0.0769. The average Bonchev–Trinajstić information content (AvgIpc) is 3.62. The highest BCUT2D eigenvalue weighted by atomic mass is 19.4. The molecule has 0 saturated carbocycles. The van der Waals surface area contributed by atoms with Crippen molar-refractivity contribution in [2.75, 3.05) is 0 Å². The molecule has 266 valence electrons. The van der Waals surface area contributed by atoms with Crippen LogP contribution in [0.25, 0.3) is 22.3 Å². The van der Waals surface area contributed by atoms with Crippen molar-refractivity contribution >= 4 is 22.3 Å². The van der Waals surface area contributed by atoms with Crippen LogP contribution in [0.4, 0.5) is 13.2 Å². The SMILES string of the molecule is FC(F)(F)C1(c2cc3[nH]c2=C(c2ccccc2)c2ccc([nH]2)C(c2ccccc2)=c2ccc([nH]2)=C(c2ccccc2)c2ccc([nH]2)C=3c2ccccc2)N=N1. The van der Waals surface area contributed by atoms with Gasteiger partial charge in [-0.05, 0) is 64.7 Å². The second-order valence-electron chi connectivity index (χ2n) is 13.7. The zero-order valence-electron chi connectivity index (χ0n) is 29.1. The fourth-order valence-corrected chi connectivity index (χ4v) is 7.77. The number of aromatic nitrogens is 4. The number of nitrogens with one attached hydrogen (secondary N) is 4. The summed E-state index contributed by atoms with van der Waals surface area (Å²) >= 11 is 0. The van der Waals surface area contributed by atoms with Crippen molar-refractivity contribution in [3.05, 3.63) is 236 Å². The van der Waals surface area contributed by atoms with E-state index in [0.717, 1.165) is 61.2 Å². The van der Waals surface area contributed by atoms with E-state index in [0.29, 0.717) is 22.2 Å². The van der Waals surface area contributed by atoms with Gasteiger partial charge in [0.15, 0.2) is 0 Å². The molecule has 0 spiro atoms. The molecule has 0 saturated heterocycles. The molecule has 4 N–H and O–H groups in total. The number of alkyl halides is 3. The second kappa shape index (κ2) is 12.5. The maximum absolute atomic E-state index is 15.1. The van der Waals surface area contributed by atoms with E-state index in [2.05, 4.69) is 66.6 Å². The number of rotatable bonds is 5. The van der Waals surface area contributed by atoms with Gasteiger partial charge in [0.1, 0.15) is 0 Å². The number of H-pyrrole nitrogens is 4. The Morgan fingerprint density at radius 2 is 0.745 bits per heavy atom. The molecule has 0 radical (unpaired) electrons. The molecule has 10 rings (SSSR count). The van der Waals surface area contributed by atoms with Crippen LogP contribution in [0.3, 0.4) is 0 Å². The molecule has 9 heteroatoms. The monoisotopic (exact) mass is 724 g/mol. The number of hydrogen-bond acceptors (Lipinski definition) is 2. The molecule has 0 atom stereocenters. The molecular formula is C46H31F3N6. The molecule has 6 heterocycles. The first-order valence-electron chi connectivity index (χ1n) is 17.9. The van der Waals surface area contributed by atoms with Crippen molar-refractivity contribution in [3.8, 4) is 0 Å². The van der Waals surface area contributed by atoms with E-state index in [4.69, 9.17) is 0 Å². The van der Waals surface area contributed by atoms with Gasteiger partial charge in [0, 0.05) is 66.7 Å². The summed E-state index contributed by atoms with van der Waals surface area (Å²) in [5.74, 6) is 0. The Bertz CT molecular complexity index is 3000. The summed E-state index contributed by atoms with van der Waals surface area (Å²) in [6.07, 6.45) is -4.77. The summed E-state index contributed by atoms with van der Waals surface area (Å²) in [6.45, 7) is 0. The predicted molar refractivity (Wildman–Crippen MR) is 206 cm³/mol. The number of halogens is 3. The molecule has 8 aromatic rings. The van der Waals surface area contributed by atoms with Crippen LogP contribution in [0.15, 0.2) is 174 Å². The van der Waals surface area contributed by atoms with E-state index < -0.39 is 11.8 Å². The lowest BCUT2D eigenvalue weighted by Gasteiger charge is -2.15. The largest absolute Gasteiger partial charge is 0.442 e. The van der Waals surface area contributed by atoms with Crippen LogP contribution in [0.5, 0.6) is 0 Å². The molecule has 4 aromatic heterocycles. The highest BCUT2D eigenvalue weighted by molar-refractivity contribution is 5.85. The first kappa shape index (κ1) is 32.5. The van der Waals surface area contributed by atoms with Crippen molar-refractivity contribution in [2.24, 2.45) is 10.2 Å².